The molecule has 1 heterocycles. The summed E-state index contributed by atoms with van der Waals surface area (Å²) < 4.78 is 34.0. The molecule has 0 saturated carbocycles. The molecule has 20 heavy (non-hydrogen) atoms. The van der Waals surface area contributed by atoms with Crippen molar-refractivity contribution >= 4 is 5.69 Å². The maximum Gasteiger partial charge on any atom is 0.167 e. The molecule has 0 radical (unpaired) electrons. The number of benzene rings is 1. The molecule has 0 unspecified atom stereocenters. The van der Waals surface area contributed by atoms with E-state index in [1.807, 2.05) is 19.9 Å². The summed E-state index contributed by atoms with van der Waals surface area (Å²) in [6.07, 6.45) is 0.810. The summed E-state index contributed by atoms with van der Waals surface area (Å²) in [6, 6.07) is 3.77. The van der Waals surface area contributed by atoms with Crippen LogP contribution < -0.4 is 10.5 Å². The lowest BCUT2D eigenvalue weighted by Gasteiger charge is -2.09. The second-order valence-corrected chi connectivity index (χ2v) is 4.39. The quantitative estimate of drug-likeness (QED) is 0.857. The van der Waals surface area contributed by atoms with Gasteiger partial charge in [0, 0.05) is 18.7 Å². The summed E-state index contributed by atoms with van der Waals surface area (Å²) in [5.41, 5.74) is 6.80. The second-order valence-electron chi connectivity index (χ2n) is 4.39. The number of nitrogen functional groups attached to an aromatic ring is 1. The molecule has 108 valence electrons. The Bertz CT molecular complexity index is 611. The van der Waals surface area contributed by atoms with Crippen molar-refractivity contribution < 1.29 is 13.5 Å². The van der Waals surface area contributed by atoms with Crippen LogP contribution in [0.15, 0.2) is 18.2 Å². The standard InChI is InChI=1S/C14H17F2N3O/c1-3-9-5-10(19(4-2)18-9)8-20-14-7-11(15)13(17)6-12(14)16/h5-7H,3-4,8,17H2,1-2H3. The lowest BCUT2D eigenvalue weighted by Crippen LogP contribution is -2.07. The predicted octanol–water partition coefficient (Wildman–Crippen LogP) is 2.90. The van der Waals surface area contributed by atoms with Gasteiger partial charge in [-0.2, -0.15) is 5.10 Å². The van der Waals surface area contributed by atoms with Crippen molar-refractivity contribution in [2.75, 3.05) is 5.73 Å². The topological polar surface area (TPSA) is 53.1 Å². The van der Waals surface area contributed by atoms with E-state index in [0.717, 1.165) is 29.9 Å². The van der Waals surface area contributed by atoms with Gasteiger partial charge in [0.2, 0.25) is 0 Å². The Hall–Kier alpha value is -2.11. The molecular weight excluding hydrogens is 264 g/mol. The minimum atomic E-state index is -0.695. The minimum Gasteiger partial charge on any atom is -0.484 e. The molecule has 0 atom stereocenters. The first-order valence-electron chi connectivity index (χ1n) is 6.48. The van der Waals surface area contributed by atoms with Crippen LogP contribution in [0.5, 0.6) is 5.75 Å². The number of ether oxygens (including phenoxy) is 1. The molecule has 0 aliphatic heterocycles. The summed E-state index contributed by atoms with van der Waals surface area (Å²) in [5, 5.41) is 4.36. The fourth-order valence-corrected chi connectivity index (χ4v) is 1.88. The first-order chi connectivity index (χ1) is 9.55. The number of anilines is 1. The zero-order valence-electron chi connectivity index (χ0n) is 11.5. The molecule has 1 aromatic heterocycles. The third kappa shape index (κ3) is 2.89. The van der Waals surface area contributed by atoms with E-state index in [1.165, 1.54) is 0 Å². The van der Waals surface area contributed by atoms with Crippen LogP contribution in [-0.2, 0) is 19.6 Å². The molecule has 0 aliphatic carbocycles. The van der Waals surface area contributed by atoms with Crippen molar-refractivity contribution in [3.8, 4) is 5.75 Å². The Labute approximate surface area is 116 Å². The van der Waals surface area contributed by atoms with E-state index in [0.29, 0.717) is 6.54 Å². The fourth-order valence-electron chi connectivity index (χ4n) is 1.88. The van der Waals surface area contributed by atoms with Crippen LogP contribution >= 0.6 is 0 Å². The lowest BCUT2D eigenvalue weighted by molar-refractivity contribution is 0.277. The second kappa shape index (κ2) is 5.90. The van der Waals surface area contributed by atoms with E-state index < -0.39 is 11.6 Å². The van der Waals surface area contributed by atoms with Crippen molar-refractivity contribution in [3.05, 3.63) is 41.2 Å². The van der Waals surface area contributed by atoms with Gasteiger partial charge in [-0.05, 0) is 19.4 Å². The normalized spacial score (nSPS) is 10.8. The van der Waals surface area contributed by atoms with Gasteiger partial charge >= 0.3 is 0 Å². The van der Waals surface area contributed by atoms with E-state index in [1.54, 1.807) is 4.68 Å². The molecule has 6 heteroatoms. The van der Waals surface area contributed by atoms with E-state index in [4.69, 9.17) is 10.5 Å². The van der Waals surface area contributed by atoms with Crippen molar-refractivity contribution in [1.29, 1.82) is 0 Å². The number of aryl methyl sites for hydroxylation is 2. The molecule has 0 aliphatic rings. The van der Waals surface area contributed by atoms with Gasteiger partial charge in [0.1, 0.15) is 12.4 Å². The molecule has 2 rings (SSSR count). The molecular formula is C14H17F2N3O. The average molecular weight is 281 g/mol. The molecule has 0 spiro atoms. The van der Waals surface area contributed by atoms with Gasteiger partial charge in [-0.3, -0.25) is 4.68 Å². The van der Waals surface area contributed by atoms with Crippen LogP contribution in [0.4, 0.5) is 14.5 Å². The third-order valence-electron chi connectivity index (χ3n) is 3.00. The molecule has 0 amide bonds. The monoisotopic (exact) mass is 281 g/mol. The van der Waals surface area contributed by atoms with Gasteiger partial charge in [0.05, 0.1) is 17.1 Å². The number of hydrogen-bond donors (Lipinski definition) is 1. The highest BCUT2D eigenvalue weighted by Gasteiger charge is 2.11. The first kappa shape index (κ1) is 14.3. The zero-order chi connectivity index (χ0) is 14.7. The highest BCUT2D eigenvalue weighted by molar-refractivity contribution is 5.44. The van der Waals surface area contributed by atoms with Crippen LogP contribution in [0.2, 0.25) is 0 Å². The molecule has 1 aromatic carbocycles. The van der Waals surface area contributed by atoms with Crippen molar-refractivity contribution in [2.45, 2.75) is 33.4 Å². The Balaban J connectivity index is 2.16. The fraction of sp³-hybridized carbons (Fsp3) is 0.357. The van der Waals surface area contributed by atoms with Crippen LogP contribution in [0.1, 0.15) is 25.2 Å². The Kier molecular flexibility index (Phi) is 4.22. The Morgan fingerprint density at radius 1 is 1.20 bits per heavy atom. The number of aromatic nitrogens is 2. The lowest BCUT2D eigenvalue weighted by atomic mass is 10.3. The van der Waals surface area contributed by atoms with Gasteiger partial charge in [-0.25, -0.2) is 8.78 Å². The maximum atomic E-state index is 13.6. The number of nitrogens with two attached hydrogens (primary N) is 1. The largest absolute Gasteiger partial charge is 0.484 e. The highest BCUT2D eigenvalue weighted by atomic mass is 19.1. The van der Waals surface area contributed by atoms with Crippen molar-refractivity contribution in [2.24, 2.45) is 0 Å². The van der Waals surface area contributed by atoms with E-state index in [2.05, 4.69) is 5.10 Å². The summed E-state index contributed by atoms with van der Waals surface area (Å²) in [7, 11) is 0. The number of rotatable bonds is 5. The smallest absolute Gasteiger partial charge is 0.167 e. The SMILES string of the molecule is CCc1cc(COc2cc(F)c(N)cc2F)n(CC)n1. The van der Waals surface area contributed by atoms with Gasteiger partial charge in [0.25, 0.3) is 0 Å². The van der Waals surface area contributed by atoms with E-state index >= 15 is 0 Å². The maximum absolute atomic E-state index is 13.6. The predicted molar refractivity (Wildman–Crippen MR) is 72.4 cm³/mol. The number of nitrogens with zero attached hydrogens (tertiary/aromatic N) is 2. The van der Waals surface area contributed by atoms with Crippen LogP contribution in [0, 0.1) is 11.6 Å². The summed E-state index contributed by atoms with van der Waals surface area (Å²) in [5.74, 6) is -1.53. The van der Waals surface area contributed by atoms with Crippen LogP contribution in [0.3, 0.4) is 0 Å². The van der Waals surface area contributed by atoms with Crippen LogP contribution in [0.25, 0.3) is 0 Å². The minimum absolute atomic E-state index is 0.126. The van der Waals surface area contributed by atoms with Crippen LogP contribution in [-0.4, -0.2) is 9.78 Å². The summed E-state index contributed by atoms with van der Waals surface area (Å²) in [4.78, 5) is 0. The van der Waals surface area contributed by atoms with Gasteiger partial charge < -0.3 is 10.5 Å². The molecule has 2 N–H and O–H groups in total. The molecule has 0 bridgehead atoms. The number of hydrogen-bond acceptors (Lipinski definition) is 3. The average Bonchev–Trinajstić information content (AvgIpc) is 2.84. The van der Waals surface area contributed by atoms with Crippen molar-refractivity contribution in [1.82, 2.24) is 9.78 Å². The Morgan fingerprint density at radius 3 is 2.60 bits per heavy atom. The molecule has 2 aromatic rings. The zero-order valence-corrected chi connectivity index (χ0v) is 11.5. The first-order valence-corrected chi connectivity index (χ1v) is 6.48. The molecule has 4 nitrogen and oxygen atoms in total. The summed E-state index contributed by atoms with van der Waals surface area (Å²) in [6.45, 7) is 4.78. The Morgan fingerprint density at radius 2 is 1.95 bits per heavy atom. The third-order valence-corrected chi connectivity index (χ3v) is 3.00. The van der Waals surface area contributed by atoms with Gasteiger partial charge in [-0.15, -0.1) is 0 Å². The number of halogens is 2. The highest BCUT2D eigenvalue weighted by Crippen LogP contribution is 2.24. The van der Waals surface area contributed by atoms with Crippen molar-refractivity contribution in [3.63, 3.8) is 0 Å². The molecule has 0 saturated heterocycles. The van der Waals surface area contributed by atoms with E-state index in [-0.39, 0.29) is 18.0 Å². The van der Waals surface area contributed by atoms with Gasteiger partial charge in [-0.1, -0.05) is 6.92 Å². The summed E-state index contributed by atoms with van der Waals surface area (Å²) >= 11 is 0. The van der Waals surface area contributed by atoms with E-state index in [9.17, 15) is 8.78 Å². The molecule has 0 fully saturated rings. The van der Waals surface area contributed by atoms with Gasteiger partial charge in [0.15, 0.2) is 11.6 Å².